The molecule has 17 heavy (non-hydrogen) atoms. The molecule has 4 heteroatoms. The fourth-order valence-corrected chi connectivity index (χ4v) is 2.78. The molecule has 1 aromatic rings. The van der Waals surface area contributed by atoms with Crippen LogP contribution in [0.1, 0.15) is 38.8 Å². The van der Waals surface area contributed by atoms with E-state index < -0.39 is 0 Å². The van der Waals surface area contributed by atoms with Crippen LogP contribution < -0.4 is 4.90 Å². The Bertz CT molecular complexity index is 397. The van der Waals surface area contributed by atoms with Crippen molar-refractivity contribution in [3.63, 3.8) is 0 Å². The van der Waals surface area contributed by atoms with Crippen LogP contribution in [0.25, 0.3) is 0 Å². The first-order valence-corrected chi connectivity index (χ1v) is 6.59. The highest BCUT2D eigenvalue weighted by Crippen LogP contribution is 2.31. The summed E-state index contributed by atoms with van der Waals surface area (Å²) in [4.78, 5) is 6.82. The van der Waals surface area contributed by atoms with Crippen LogP contribution in [-0.4, -0.2) is 22.2 Å². The zero-order valence-corrected chi connectivity index (χ0v) is 11.1. The van der Waals surface area contributed by atoms with E-state index in [-0.39, 0.29) is 6.61 Å². The molecule has 1 aliphatic rings. The second kappa shape index (κ2) is 5.23. The van der Waals surface area contributed by atoms with Gasteiger partial charge in [0, 0.05) is 12.1 Å². The summed E-state index contributed by atoms with van der Waals surface area (Å²) in [5, 5.41) is 9.75. The highest BCUT2D eigenvalue weighted by Gasteiger charge is 2.30. The molecule has 1 fully saturated rings. The van der Waals surface area contributed by atoms with Crippen molar-refractivity contribution in [2.45, 2.75) is 51.8 Å². The van der Waals surface area contributed by atoms with E-state index in [1.807, 2.05) is 12.1 Å². The summed E-state index contributed by atoms with van der Waals surface area (Å²) in [6.07, 6.45) is 3.55. The van der Waals surface area contributed by atoms with Crippen molar-refractivity contribution in [3.8, 4) is 0 Å². The van der Waals surface area contributed by atoms with Crippen molar-refractivity contribution < 1.29 is 5.11 Å². The average molecular weight is 255 g/mol. The molecule has 3 nitrogen and oxygen atoms in total. The van der Waals surface area contributed by atoms with Crippen molar-refractivity contribution in [2.24, 2.45) is 0 Å². The molecular formula is C13H19ClN2O. The summed E-state index contributed by atoms with van der Waals surface area (Å²) < 4.78 is 0. The van der Waals surface area contributed by atoms with E-state index in [1.165, 1.54) is 12.8 Å². The average Bonchev–Trinajstić information content (AvgIpc) is 2.71. The molecule has 0 bridgehead atoms. The summed E-state index contributed by atoms with van der Waals surface area (Å²) in [5.41, 5.74) is 0.568. The van der Waals surface area contributed by atoms with E-state index in [0.717, 1.165) is 12.2 Å². The van der Waals surface area contributed by atoms with Gasteiger partial charge >= 0.3 is 0 Å². The lowest BCUT2D eigenvalue weighted by Crippen LogP contribution is -2.34. The van der Waals surface area contributed by atoms with Gasteiger partial charge in [-0.1, -0.05) is 18.5 Å². The van der Waals surface area contributed by atoms with E-state index >= 15 is 0 Å². The van der Waals surface area contributed by atoms with Crippen molar-refractivity contribution in [1.82, 2.24) is 4.98 Å². The monoisotopic (exact) mass is 254 g/mol. The van der Waals surface area contributed by atoms with Crippen molar-refractivity contribution in [1.29, 1.82) is 0 Å². The Morgan fingerprint density at radius 3 is 2.88 bits per heavy atom. The van der Waals surface area contributed by atoms with E-state index in [0.29, 0.717) is 22.8 Å². The first-order valence-electron chi connectivity index (χ1n) is 6.22. The van der Waals surface area contributed by atoms with Gasteiger partial charge in [-0.3, -0.25) is 0 Å². The SMILES string of the molecule is CCC1CCC(C)N1c1ccc(Cl)c(CO)n1. The van der Waals surface area contributed by atoms with Gasteiger partial charge in [0.2, 0.25) is 0 Å². The number of hydrogen-bond donors (Lipinski definition) is 1. The molecule has 2 heterocycles. The Balaban J connectivity index is 2.32. The minimum Gasteiger partial charge on any atom is -0.390 e. The maximum atomic E-state index is 9.21. The lowest BCUT2D eigenvalue weighted by Gasteiger charge is -2.29. The van der Waals surface area contributed by atoms with E-state index in [9.17, 15) is 5.11 Å². The van der Waals surface area contributed by atoms with Crippen LogP contribution in [0.5, 0.6) is 0 Å². The summed E-state index contributed by atoms with van der Waals surface area (Å²) in [5.74, 6) is 0.940. The van der Waals surface area contributed by atoms with E-state index in [4.69, 9.17) is 11.6 Å². The lowest BCUT2D eigenvalue weighted by molar-refractivity contribution is 0.277. The van der Waals surface area contributed by atoms with Crippen LogP contribution in [0.3, 0.4) is 0 Å². The summed E-state index contributed by atoms with van der Waals surface area (Å²) in [6, 6.07) is 4.85. The molecule has 1 aromatic heterocycles. The van der Waals surface area contributed by atoms with Gasteiger partial charge in [0.05, 0.1) is 17.3 Å². The minimum atomic E-state index is -0.105. The predicted octanol–water partition coefficient (Wildman–Crippen LogP) is 2.99. The molecule has 0 saturated carbocycles. The first-order chi connectivity index (χ1) is 8.17. The third kappa shape index (κ3) is 2.40. The number of rotatable bonds is 3. The molecule has 1 aliphatic heterocycles. The number of hydrogen-bond acceptors (Lipinski definition) is 3. The zero-order valence-electron chi connectivity index (χ0n) is 10.4. The maximum absolute atomic E-state index is 9.21. The highest BCUT2D eigenvalue weighted by molar-refractivity contribution is 6.31. The first kappa shape index (κ1) is 12.7. The third-order valence-electron chi connectivity index (χ3n) is 3.58. The number of aliphatic hydroxyl groups is 1. The van der Waals surface area contributed by atoms with Crippen LogP contribution in [0.4, 0.5) is 5.82 Å². The van der Waals surface area contributed by atoms with Gasteiger partial charge in [-0.15, -0.1) is 0 Å². The molecule has 2 rings (SSSR count). The van der Waals surface area contributed by atoms with Crippen molar-refractivity contribution in [2.75, 3.05) is 4.90 Å². The molecule has 0 radical (unpaired) electrons. The summed E-state index contributed by atoms with van der Waals surface area (Å²) >= 11 is 5.97. The van der Waals surface area contributed by atoms with E-state index in [2.05, 4.69) is 23.7 Å². The second-order valence-corrected chi connectivity index (χ2v) is 5.06. The molecular weight excluding hydrogens is 236 g/mol. The largest absolute Gasteiger partial charge is 0.390 e. The van der Waals surface area contributed by atoms with Gasteiger partial charge in [-0.05, 0) is 38.3 Å². The Kier molecular flexibility index (Phi) is 3.89. The van der Waals surface area contributed by atoms with Gasteiger partial charge in [0.1, 0.15) is 5.82 Å². The molecule has 2 unspecified atom stereocenters. The predicted molar refractivity (Wildman–Crippen MR) is 70.4 cm³/mol. The van der Waals surface area contributed by atoms with Gasteiger partial charge < -0.3 is 10.0 Å². The molecule has 0 aromatic carbocycles. The number of aliphatic hydroxyl groups excluding tert-OH is 1. The highest BCUT2D eigenvalue weighted by atomic mass is 35.5. The normalized spacial score (nSPS) is 24.4. The van der Waals surface area contributed by atoms with Crippen LogP contribution in [0, 0.1) is 0 Å². The molecule has 1 N–H and O–H groups in total. The molecule has 94 valence electrons. The molecule has 0 spiro atoms. The molecule has 0 aliphatic carbocycles. The maximum Gasteiger partial charge on any atom is 0.129 e. The topological polar surface area (TPSA) is 36.4 Å². The van der Waals surface area contributed by atoms with Crippen molar-refractivity contribution >= 4 is 17.4 Å². The fourth-order valence-electron chi connectivity index (χ4n) is 2.61. The van der Waals surface area contributed by atoms with Gasteiger partial charge in [0.25, 0.3) is 0 Å². The lowest BCUT2D eigenvalue weighted by atomic mass is 10.1. The summed E-state index contributed by atoms with van der Waals surface area (Å²) in [7, 11) is 0. The number of halogens is 1. The quantitative estimate of drug-likeness (QED) is 0.901. The van der Waals surface area contributed by atoms with Crippen LogP contribution in [-0.2, 0) is 6.61 Å². The molecule has 1 saturated heterocycles. The Hall–Kier alpha value is -0.800. The fraction of sp³-hybridized carbons (Fsp3) is 0.615. The van der Waals surface area contributed by atoms with Gasteiger partial charge in [-0.25, -0.2) is 4.98 Å². The Morgan fingerprint density at radius 2 is 2.24 bits per heavy atom. The van der Waals surface area contributed by atoms with Gasteiger partial charge in [0.15, 0.2) is 0 Å². The number of anilines is 1. The molecule has 2 atom stereocenters. The number of nitrogens with zero attached hydrogens (tertiary/aromatic N) is 2. The number of pyridine rings is 1. The minimum absolute atomic E-state index is 0.105. The van der Waals surface area contributed by atoms with Crippen LogP contribution >= 0.6 is 11.6 Å². The van der Waals surface area contributed by atoms with E-state index in [1.54, 1.807) is 0 Å². The molecule has 0 amide bonds. The third-order valence-corrected chi connectivity index (χ3v) is 3.92. The Labute approximate surface area is 107 Å². The standard InChI is InChI=1S/C13H19ClN2O/c1-3-10-5-4-9(2)16(10)13-7-6-11(14)12(8-17)15-13/h6-7,9-10,17H,3-5,8H2,1-2H3. The Morgan fingerprint density at radius 1 is 1.47 bits per heavy atom. The van der Waals surface area contributed by atoms with Crippen molar-refractivity contribution in [3.05, 3.63) is 22.8 Å². The zero-order chi connectivity index (χ0) is 12.4. The van der Waals surface area contributed by atoms with Crippen LogP contribution in [0.15, 0.2) is 12.1 Å². The van der Waals surface area contributed by atoms with Gasteiger partial charge in [-0.2, -0.15) is 0 Å². The summed E-state index contributed by atoms with van der Waals surface area (Å²) in [6.45, 7) is 4.33. The second-order valence-electron chi connectivity index (χ2n) is 4.65. The van der Waals surface area contributed by atoms with Crippen LogP contribution in [0.2, 0.25) is 5.02 Å². The number of aromatic nitrogens is 1. The smallest absolute Gasteiger partial charge is 0.129 e.